The van der Waals surface area contributed by atoms with E-state index in [9.17, 15) is 4.79 Å². The van der Waals surface area contributed by atoms with Crippen molar-refractivity contribution >= 4 is 12.1 Å². The van der Waals surface area contributed by atoms with E-state index in [0.717, 1.165) is 5.56 Å². The van der Waals surface area contributed by atoms with Crippen molar-refractivity contribution in [2.45, 2.75) is 26.2 Å². The van der Waals surface area contributed by atoms with Crippen LogP contribution in [-0.4, -0.2) is 31.9 Å². The van der Waals surface area contributed by atoms with Crippen molar-refractivity contribution in [1.82, 2.24) is 5.43 Å². The normalized spacial score (nSPS) is 13.4. The summed E-state index contributed by atoms with van der Waals surface area (Å²) in [6, 6.07) is 13.2. The van der Waals surface area contributed by atoms with Crippen LogP contribution in [0.3, 0.4) is 0 Å². The molecule has 0 aliphatic carbocycles. The van der Waals surface area contributed by atoms with Gasteiger partial charge in [-0.05, 0) is 46.9 Å². The van der Waals surface area contributed by atoms with Crippen LogP contribution in [0.5, 0.6) is 17.2 Å². The topological polar surface area (TPSA) is 69.2 Å². The summed E-state index contributed by atoms with van der Waals surface area (Å²) in [4.78, 5) is 11.9. The van der Waals surface area contributed by atoms with Gasteiger partial charge in [0.1, 0.15) is 19.0 Å². The highest BCUT2D eigenvalue weighted by Gasteiger charge is 2.13. The fraction of sp³-hybridized carbons (Fsp3) is 0.333. The number of carbonyl (C=O) groups excluding carboxylic acids is 1. The van der Waals surface area contributed by atoms with Crippen LogP contribution in [0.15, 0.2) is 47.6 Å². The van der Waals surface area contributed by atoms with Gasteiger partial charge in [0.25, 0.3) is 5.91 Å². The van der Waals surface area contributed by atoms with E-state index in [1.54, 1.807) is 6.21 Å². The van der Waals surface area contributed by atoms with E-state index < -0.39 is 0 Å². The first-order valence-corrected chi connectivity index (χ1v) is 8.87. The van der Waals surface area contributed by atoms with Crippen LogP contribution in [0.1, 0.15) is 31.9 Å². The predicted octanol–water partition coefficient (Wildman–Crippen LogP) is 3.28. The van der Waals surface area contributed by atoms with E-state index in [0.29, 0.717) is 30.5 Å². The molecule has 1 aliphatic rings. The molecule has 6 heteroatoms. The molecule has 1 N–H and O–H groups in total. The van der Waals surface area contributed by atoms with Crippen LogP contribution in [0.4, 0.5) is 0 Å². The summed E-state index contributed by atoms with van der Waals surface area (Å²) in [6.45, 7) is 7.42. The second-order valence-corrected chi connectivity index (χ2v) is 7.26. The van der Waals surface area contributed by atoms with Crippen molar-refractivity contribution in [3.8, 4) is 17.2 Å². The fourth-order valence-corrected chi connectivity index (χ4v) is 2.55. The molecule has 1 heterocycles. The summed E-state index contributed by atoms with van der Waals surface area (Å²) in [7, 11) is 0. The average Bonchev–Trinajstić information content (AvgIpc) is 2.66. The third kappa shape index (κ3) is 5.23. The van der Waals surface area contributed by atoms with Crippen LogP contribution in [0.25, 0.3) is 0 Å². The van der Waals surface area contributed by atoms with Gasteiger partial charge in [-0.25, -0.2) is 5.43 Å². The Kier molecular flexibility index (Phi) is 5.64. The summed E-state index contributed by atoms with van der Waals surface area (Å²) < 4.78 is 16.5. The quantitative estimate of drug-likeness (QED) is 0.650. The number of hydrogen-bond acceptors (Lipinski definition) is 5. The summed E-state index contributed by atoms with van der Waals surface area (Å²) in [5.41, 5.74) is 4.55. The minimum Gasteiger partial charge on any atom is -0.486 e. The number of carbonyl (C=O) groups is 1. The SMILES string of the molecule is CC(C)(C)c1ccc(OCC(=O)NN=Cc2ccc3c(c2)OCCO3)cc1. The molecule has 2 aromatic carbocycles. The van der Waals surface area contributed by atoms with Crippen molar-refractivity contribution in [1.29, 1.82) is 0 Å². The molecule has 0 spiro atoms. The third-order valence-electron chi connectivity index (χ3n) is 4.06. The minimum absolute atomic E-state index is 0.0818. The molecule has 0 saturated heterocycles. The molecule has 2 aromatic rings. The van der Waals surface area contributed by atoms with Crippen molar-refractivity contribution in [3.63, 3.8) is 0 Å². The number of fused-ring (bicyclic) bond motifs is 1. The number of ether oxygens (including phenoxy) is 3. The highest BCUT2D eigenvalue weighted by Crippen LogP contribution is 2.30. The standard InChI is InChI=1S/C21H24N2O4/c1-21(2,3)16-5-7-17(8-6-16)27-14-20(24)23-22-13-15-4-9-18-19(12-15)26-11-10-25-18/h4-9,12-13H,10-11,14H2,1-3H3,(H,23,24). The van der Waals surface area contributed by atoms with E-state index >= 15 is 0 Å². The Balaban J connectivity index is 1.47. The number of benzene rings is 2. The van der Waals surface area contributed by atoms with Crippen molar-refractivity contribution in [2.75, 3.05) is 19.8 Å². The van der Waals surface area contributed by atoms with Crippen LogP contribution in [0, 0.1) is 0 Å². The van der Waals surface area contributed by atoms with Gasteiger partial charge in [0.2, 0.25) is 0 Å². The zero-order chi connectivity index (χ0) is 19.3. The number of nitrogens with one attached hydrogen (secondary N) is 1. The maximum atomic E-state index is 11.9. The molecule has 142 valence electrons. The minimum atomic E-state index is -0.330. The largest absolute Gasteiger partial charge is 0.486 e. The lowest BCUT2D eigenvalue weighted by Crippen LogP contribution is -2.24. The van der Waals surface area contributed by atoms with E-state index in [4.69, 9.17) is 14.2 Å². The van der Waals surface area contributed by atoms with Gasteiger partial charge in [0.05, 0.1) is 6.21 Å². The van der Waals surface area contributed by atoms with E-state index in [2.05, 4.69) is 31.3 Å². The Bertz CT molecular complexity index is 823. The summed E-state index contributed by atoms with van der Waals surface area (Å²) in [5, 5.41) is 3.95. The number of hydrogen-bond donors (Lipinski definition) is 1. The lowest BCUT2D eigenvalue weighted by molar-refractivity contribution is -0.123. The zero-order valence-corrected chi connectivity index (χ0v) is 15.8. The van der Waals surface area contributed by atoms with Gasteiger partial charge in [-0.15, -0.1) is 0 Å². The molecule has 0 radical (unpaired) electrons. The molecular formula is C21H24N2O4. The number of amides is 1. The van der Waals surface area contributed by atoms with Crippen LogP contribution < -0.4 is 19.6 Å². The first-order valence-electron chi connectivity index (χ1n) is 8.87. The first kappa shape index (κ1) is 18.8. The molecular weight excluding hydrogens is 344 g/mol. The van der Waals surface area contributed by atoms with E-state index in [1.165, 1.54) is 5.56 Å². The third-order valence-corrected chi connectivity index (χ3v) is 4.06. The maximum Gasteiger partial charge on any atom is 0.277 e. The molecule has 0 atom stereocenters. The van der Waals surface area contributed by atoms with Gasteiger partial charge >= 0.3 is 0 Å². The summed E-state index contributed by atoms with van der Waals surface area (Å²) >= 11 is 0. The van der Waals surface area contributed by atoms with E-state index in [-0.39, 0.29) is 17.9 Å². The average molecular weight is 368 g/mol. The molecule has 6 nitrogen and oxygen atoms in total. The van der Waals surface area contributed by atoms with Crippen LogP contribution >= 0.6 is 0 Å². The highest BCUT2D eigenvalue weighted by molar-refractivity contribution is 5.83. The first-order chi connectivity index (χ1) is 12.9. The van der Waals surface area contributed by atoms with Crippen LogP contribution in [0.2, 0.25) is 0 Å². The fourth-order valence-electron chi connectivity index (χ4n) is 2.55. The Morgan fingerprint density at radius 1 is 1.11 bits per heavy atom. The summed E-state index contributed by atoms with van der Waals surface area (Å²) in [5.74, 6) is 1.71. The Morgan fingerprint density at radius 2 is 1.81 bits per heavy atom. The number of rotatable bonds is 5. The Labute approximate surface area is 159 Å². The van der Waals surface area contributed by atoms with Crippen molar-refractivity contribution in [2.24, 2.45) is 5.10 Å². The second kappa shape index (κ2) is 8.12. The van der Waals surface area contributed by atoms with Gasteiger partial charge in [0, 0.05) is 0 Å². The Hall–Kier alpha value is -3.02. The lowest BCUT2D eigenvalue weighted by atomic mass is 9.87. The molecule has 0 fully saturated rings. The smallest absolute Gasteiger partial charge is 0.277 e. The van der Waals surface area contributed by atoms with Gasteiger partial charge in [0.15, 0.2) is 18.1 Å². The zero-order valence-electron chi connectivity index (χ0n) is 15.8. The number of nitrogens with zero attached hydrogens (tertiary/aromatic N) is 1. The molecule has 0 aromatic heterocycles. The van der Waals surface area contributed by atoms with Gasteiger partial charge in [-0.2, -0.15) is 5.10 Å². The monoisotopic (exact) mass is 368 g/mol. The molecule has 0 unspecified atom stereocenters. The Morgan fingerprint density at radius 3 is 2.52 bits per heavy atom. The maximum absolute atomic E-state index is 11.9. The van der Waals surface area contributed by atoms with Gasteiger partial charge in [-0.3, -0.25) is 4.79 Å². The van der Waals surface area contributed by atoms with Gasteiger partial charge < -0.3 is 14.2 Å². The summed E-state index contributed by atoms with van der Waals surface area (Å²) in [6.07, 6.45) is 1.55. The van der Waals surface area contributed by atoms with Crippen molar-refractivity contribution < 1.29 is 19.0 Å². The van der Waals surface area contributed by atoms with E-state index in [1.807, 2.05) is 42.5 Å². The van der Waals surface area contributed by atoms with Crippen molar-refractivity contribution in [3.05, 3.63) is 53.6 Å². The molecule has 27 heavy (non-hydrogen) atoms. The molecule has 3 rings (SSSR count). The van der Waals surface area contributed by atoms with Gasteiger partial charge in [-0.1, -0.05) is 32.9 Å². The molecule has 0 saturated carbocycles. The van der Waals surface area contributed by atoms with Crippen LogP contribution in [-0.2, 0) is 10.2 Å². The highest BCUT2D eigenvalue weighted by atomic mass is 16.6. The lowest BCUT2D eigenvalue weighted by Gasteiger charge is -2.19. The number of hydrazone groups is 1. The molecule has 1 amide bonds. The second-order valence-electron chi connectivity index (χ2n) is 7.26. The predicted molar refractivity (Wildman–Crippen MR) is 104 cm³/mol. The molecule has 0 bridgehead atoms. The molecule has 1 aliphatic heterocycles.